The Hall–Kier alpha value is -1.10. The number of hydrogen-bond donors (Lipinski definition) is 3. The zero-order valence-corrected chi connectivity index (χ0v) is 8.24. The third kappa shape index (κ3) is 6.42. The van der Waals surface area contributed by atoms with Crippen molar-refractivity contribution in [1.29, 1.82) is 0 Å². The van der Waals surface area contributed by atoms with Gasteiger partial charge in [-0.05, 0) is 6.42 Å². The molecule has 0 radical (unpaired) electrons. The smallest absolute Gasteiger partial charge is 0.513 e. The van der Waals surface area contributed by atoms with Gasteiger partial charge in [0.2, 0.25) is 0 Å². The standard InChI is InChI=1S/C7H11O6P/c1-5(3-4-6(2)8)7(9)13-14(10,11)12/h8H,1-4H2,(H2,10,11,12). The Labute approximate surface area is 80.8 Å². The number of allylic oxidation sites excluding steroid dienone is 1. The van der Waals surface area contributed by atoms with Gasteiger partial charge in [0.15, 0.2) is 0 Å². The van der Waals surface area contributed by atoms with Crippen molar-refractivity contribution < 1.29 is 28.8 Å². The van der Waals surface area contributed by atoms with E-state index >= 15 is 0 Å². The molecule has 80 valence electrons. The first-order chi connectivity index (χ1) is 6.22. The second-order valence-corrected chi connectivity index (χ2v) is 3.70. The van der Waals surface area contributed by atoms with Crippen LogP contribution in [0.2, 0.25) is 0 Å². The maximum atomic E-state index is 10.8. The third-order valence-corrected chi connectivity index (χ3v) is 1.61. The summed E-state index contributed by atoms with van der Waals surface area (Å²) < 4.78 is 14.0. The van der Waals surface area contributed by atoms with Crippen molar-refractivity contribution in [2.45, 2.75) is 12.8 Å². The van der Waals surface area contributed by atoms with E-state index in [0.29, 0.717) is 0 Å². The lowest BCUT2D eigenvalue weighted by atomic mass is 10.1. The van der Waals surface area contributed by atoms with Crippen LogP contribution in [0, 0.1) is 0 Å². The highest BCUT2D eigenvalue weighted by atomic mass is 31.2. The van der Waals surface area contributed by atoms with E-state index in [9.17, 15) is 9.36 Å². The van der Waals surface area contributed by atoms with Crippen molar-refractivity contribution in [1.82, 2.24) is 0 Å². The van der Waals surface area contributed by atoms with Crippen molar-refractivity contribution in [2.24, 2.45) is 0 Å². The SMILES string of the molecule is C=C(O)CCC(=C)C(=O)OP(=O)(O)O. The van der Waals surface area contributed by atoms with Crippen molar-refractivity contribution >= 4 is 13.8 Å². The van der Waals surface area contributed by atoms with Crippen LogP contribution >= 0.6 is 7.82 Å². The largest absolute Gasteiger partial charge is 0.527 e. The van der Waals surface area contributed by atoms with Gasteiger partial charge in [-0.25, -0.2) is 9.36 Å². The number of aliphatic hydroxyl groups is 1. The normalized spacial score (nSPS) is 10.7. The summed E-state index contributed by atoms with van der Waals surface area (Å²) in [5, 5.41) is 8.67. The van der Waals surface area contributed by atoms with Crippen LogP contribution in [0.5, 0.6) is 0 Å². The molecule has 0 saturated heterocycles. The molecule has 0 aromatic rings. The van der Waals surface area contributed by atoms with Crippen LogP contribution in [-0.4, -0.2) is 20.9 Å². The molecule has 0 atom stereocenters. The number of aliphatic hydroxyl groups excluding tert-OH is 1. The topological polar surface area (TPSA) is 104 Å². The van der Waals surface area contributed by atoms with Gasteiger partial charge in [0.1, 0.15) is 0 Å². The number of phosphoric acid groups is 1. The molecule has 0 saturated carbocycles. The number of hydrogen-bond acceptors (Lipinski definition) is 4. The van der Waals surface area contributed by atoms with E-state index < -0.39 is 13.8 Å². The van der Waals surface area contributed by atoms with Gasteiger partial charge in [-0.2, -0.15) is 0 Å². The first-order valence-electron chi connectivity index (χ1n) is 3.56. The Morgan fingerprint density at radius 2 is 1.79 bits per heavy atom. The maximum absolute atomic E-state index is 10.8. The minimum Gasteiger partial charge on any atom is -0.513 e. The Bertz CT molecular complexity index is 301. The van der Waals surface area contributed by atoms with Crippen molar-refractivity contribution in [3.8, 4) is 0 Å². The molecule has 0 amide bonds. The Morgan fingerprint density at radius 1 is 1.29 bits per heavy atom. The average Bonchev–Trinajstić information content (AvgIpc) is 1.96. The average molecular weight is 222 g/mol. The van der Waals surface area contributed by atoms with Gasteiger partial charge in [0.25, 0.3) is 0 Å². The minimum atomic E-state index is -4.82. The predicted molar refractivity (Wildman–Crippen MR) is 48.3 cm³/mol. The third-order valence-electron chi connectivity index (χ3n) is 1.21. The van der Waals surface area contributed by atoms with E-state index in [1.807, 2.05) is 0 Å². The molecular weight excluding hydrogens is 211 g/mol. The molecule has 0 aliphatic rings. The molecule has 0 aliphatic heterocycles. The molecule has 7 heteroatoms. The lowest BCUT2D eigenvalue weighted by Crippen LogP contribution is -2.05. The Morgan fingerprint density at radius 3 is 2.14 bits per heavy atom. The molecule has 0 bridgehead atoms. The van der Waals surface area contributed by atoms with Crippen molar-refractivity contribution in [2.75, 3.05) is 0 Å². The molecule has 0 heterocycles. The minimum absolute atomic E-state index is 0.0359. The number of phosphoric ester groups is 1. The Balaban J connectivity index is 4.08. The quantitative estimate of drug-likeness (QED) is 0.364. The summed E-state index contributed by atoms with van der Waals surface area (Å²) in [6, 6.07) is 0. The van der Waals surface area contributed by atoms with Crippen molar-refractivity contribution in [3.05, 3.63) is 24.5 Å². The van der Waals surface area contributed by atoms with Crippen molar-refractivity contribution in [3.63, 3.8) is 0 Å². The summed E-state index contributed by atoms with van der Waals surface area (Å²) in [6.45, 7) is 6.41. The van der Waals surface area contributed by atoms with Crippen LogP contribution in [0.25, 0.3) is 0 Å². The second-order valence-electron chi connectivity index (χ2n) is 2.54. The first kappa shape index (κ1) is 12.9. The lowest BCUT2D eigenvalue weighted by Gasteiger charge is -2.06. The molecule has 0 fully saturated rings. The van der Waals surface area contributed by atoms with Crippen LogP contribution < -0.4 is 0 Å². The highest BCUT2D eigenvalue weighted by Crippen LogP contribution is 2.36. The van der Waals surface area contributed by atoms with E-state index in [1.165, 1.54) is 0 Å². The molecule has 14 heavy (non-hydrogen) atoms. The van der Waals surface area contributed by atoms with Crippen LogP contribution in [0.4, 0.5) is 0 Å². The van der Waals surface area contributed by atoms with E-state index in [-0.39, 0.29) is 24.2 Å². The second kappa shape index (κ2) is 4.95. The monoisotopic (exact) mass is 222 g/mol. The van der Waals surface area contributed by atoms with Gasteiger partial charge in [0, 0.05) is 12.0 Å². The Kier molecular flexibility index (Phi) is 4.56. The molecular formula is C7H11O6P. The fraction of sp³-hybridized carbons (Fsp3) is 0.286. The molecule has 0 aromatic heterocycles. The van der Waals surface area contributed by atoms with Crippen LogP contribution in [-0.2, 0) is 13.9 Å². The van der Waals surface area contributed by atoms with E-state index in [4.69, 9.17) is 14.9 Å². The first-order valence-corrected chi connectivity index (χ1v) is 5.09. The van der Waals surface area contributed by atoms with Gasteiger partial charge in [-0.15, -0.1) is 0 Å². The van der Waals surface area contributed by atoms with Gasteiger partial charge in [0.05, 0.1) is 5.76 Å². The molecule has 6 nitrogen and oxygen atoms in total. The molecule has 0 unspecified atom stereocenters. The highest BCUT2D eigenvalue weighted by Gasteiger charge is 2.22. The van der Waals surface area contributed by atoms with Crippen LogP contribution in [0.3, 0.4) is 0 Å². The number of carbonyl (C=O) groups excluding carboxylic acids is 1. The maximum Gasteiger partial charge on any atom is 0.527 e. The summed E-state index contributed by atoms with van der Waals surface area (Å²) in [7, 11) is -4.82. The summed E-state index contributed by atoms with van der Waals surface area (Å²) in [5.74, 6) is -1.32. The molecule has 0 rings (SSSR count). The summed E-state index contributed by atoms with van der Waals surface area (Å²) in [5.41, 5.74) is -0.136. The molecule has 0 spiro atoms. The molecule has 0 aliphatic carbocycles. The van der Waals surface area contributed by atoms with E-state index in [0.717, 1.165) is 0 Å². The lowest BCUT2D eigenvalue weighted by molar-refractivity contribution is -0.131. The molecule has 0 aromatic carbocycles. The van der Waals surface area contributed by atoms with Gasteiger partial charge >= 0.3 is 13.8 Å². The van der Waals surface area contributed by atoms with Gasteiger partial charge in [-0.3, -0.25) is 9.79 Å². The summed E-state index contributed by atoms with van der Waals surface area (Å²) in [6.07, 6.45) is 0.128. The number of rotatable bonds is 5. The van der Waals surface area contributed by atoms with E-state index in [2.05, 4.69) is 17.7 Å². The highest BCUT2D eigenvalue weighted by molar-refractivity contribution is 7.46. The predicted octanol–water partition coefficient (Wildman–Crippen LogP) is 1.03. The fourth-order valence-corrected chi connectivity index (χ4v) is 0.915. The van der Waals surface area contributed by atoms with Gasteiger partial charge < -0.3 is 9.63 Å². The van der Waals surface area contributed by atoms with Gasteiger partial charge in [-0.1, -0.05) is 13.2 Å². The zero-order chi connectivity index (χ0) is 11.4. The summed E-state index contributed by atoms with van der Waals surface area (Å²) in [4.78, 5) is 27.4. The van der Waals surface area contributed by atoms with E-state index in [1.54, 1.807) is 0 Å². The number of carbonyl (C=O) groups is 1. The summed E-state index contributed by atoms with van der Waals surface area (Å²) >= 11 is 0. The zero-order valence-electron chi connectivity index (χ0n) is 7.34. The molecule has 3 N–H and O–H groups in total. The fourth-order valence-electron chi connectivity index (χ4n) is 0.570. The van der Waals surface area contributed by atoms with Crippen LogP contribution in [0.15, 0.2) is 24.5 Å². The van der Waals surface area contributed by atoms with Crippen LogP contribution in [0.1, 0.15) is 12.8 Å².